The van der Waals surface area contributed by atoms with Gasteiger partial charge in [-0.05, 0) is 55.0 Å². The first-order valence-electron chi connectivity index (χ1n) is 9.29. The Morgan fingerprint density at radius 2 is 1.97 bits per heavy atom. The van der Waals surface area contributed by atoms with Gasteiger partial charge in [0.25, 0.3) is 5.91 Å². The Bertz CT molecular complexity index is 1410. The largest absolute Gasteiger partial charge is 0.495 e. The molecule has 0 aliphatic rings. The van der Waals surface area contributed by atoms with Crippen molar-refractivity contribution in [2.24, 2.45) is 0 Å². The maximum Gasteiger partial charge on any atom is 0.255 e. The second kappa shape index (κ2) is 7.23. The summed E-state index contributed by atoms with van der Waals surface area (Å²) in [6.07, 6.45) is 3.94. The molecule has 148 valence electrons. The van der Waals surface area contributed by atoms with Crippen molar-refractivity contribution < 1.29 is 9.53 Å². The highest BCUT2D eigenvalue weighted by Gasteiger charge is 2.14. The molecule has 2 aromatic carbocycles. The predicted molar refractivity (Wildman–Crippen MR) is 117 cm³/mol. The lowest BCUT2D eigenvalue weighted by Gasteiger charge is -2.11. The van der Waals surface area contributed by atoms with Crippen molar-refractivity contribution in [1.29, 1.82) is 0 Å². The van der Waals surface area contributed by atoms with Crippen molar-refractivity contribution in [1.82, 2.24) is 18.1 Å². The van der Waals surface area contributed by atoms with Gasteiger partial charge in [0, 0.05) is 23.5 Å². The highest BCUT2D eigenvalue weighted by Crippen LogP contribution is 2.31. The number of rotatable bonds is 4. The van der Waals surface area contributed by atoms with Crippen LogP contribution < -0.4 is 10.1 Å². The number of ether oxygens (including phenoxy) is 1. The third-order valence-corrected chi connectivity index (χ3v) is 5.49. The molecule has 0 bridgehead atoms. The van der Waals surface area contributed by atoms with E-state index in [9.17, 15) is 4.79 Å². The number of fused-ring (bicyclic) bond motifs is 2. The van der Waals surface area contributed by atoms with Crippen LogP contribution in [0.25, 0.3) is 27.9 Å². The zero-order valence-electron chi connectivity index (χ0n) is 16.3. The van der Waals surface area contributed by atoms with Crippen molar-refractivity contribution in [2.45, 2.75) is 6.92 Å². The lowest BCUT2D eigenvalue weighted by molar-refractivity contribution is 0.102. The average Bonchev–Trinajstić information content (AvgIpc) is 3.40. The van der Waals surface area contributed by atoms with E-state index in [1.807, 2.05) is 54.0 Å². The molecule has 1 N–H and O–H groups in total. The molecule has 7 nitrogen and oxygen atoms in total. The van der Waals surface area contributed by atoms with Crippen molar-refractivity contribution in [3.63, 3.8) is 0 Å². The maximum atomic E-state index is 12.8. The second-order valence-electron chi connectivity index (χ2n) is 6.89. The summed E-state index contributed by atoms with van der Waals surface area (Å²) in [4.78, 5) is 17.6. The summed E-state index contributed by atoms with van der Waals surface area (Å²) in [5.74, 6) is 0.328. The molecular weight excluding hydrogens is 398 g/mol. The van der Waals surface area contributed by atoms with Crippen LogP contribution in [0.15, 0.2) is 60.9 Å². The number of methoxy groups -OCH3 is 1. The Kier molecular flexibility index (Phi) is 4.40. The molecule has 0 unspecified atom stereocenters. The number of hydrogen-bond acceptors (Lipinski definition) is 6. The van der Waals surface area contributed by atoms with E-state index in [0.717, 1.165) is 39.7 Å². The fourth-order valence-electron chi connectivity index (χ4n) is 3.38. The quantitative estimate of drug-likeness (QED) is 0.465. The first kappa shape index (κ1) is 18.3. The number of carbonyl (C=O) groups excluding carboxylic acids is 1. The molecule has 1 amide bonds. The van der Waals surface area contributed by atoms with Gasteiger partial charge in [-0.1, -0.05) is 6.07 Å². The van der Waals surface area contributed by atoms with Crippen molar-refractivity contribution >= 4 is 40.0 Å². The standard InChI is InChI=1S/C22H17N5O2S/c1-13-4-3-9-27-12-19(23-21(13)27)14-6-8-20(29-2)18(10-14)24-22(28)15-5-7-16-17(11-15)26-30-25-16/h3-12H,1-2H3,(H,24,28). The number of imidazole rings is 1. The number of carbonyl (C=O) groups is 1. The minimum atomic E-state index is -0.244. The van der Waals surface area contributed by atoms with Crippen LogP contribution in [-0.4, -0.2) is 31.1 Å². The van der Waals surface area contributed by atoms with E-state index >= 15 is 0 Å². The molecule has 5 aromatic rings. The average molecular weight is 415 g/mol. The van der Waals surface area contributed by atoms with E-state index in [1.165, 1.54) is 0 Å². The maximum absolute atomic E-state index is 12.8. The van der Waals surface area contributed by atoms with Crippen LogP contribution in [0.5, 0.6) is 5.75 Å². The first-order valence-corrected chi connectivity index (χ1v) is 10.0. The van der Waals surface area contributed by atoms with E-state index in [1.54, 1.807) is 25.3 Å². The first-order chi connectivity index (χ1) is 14.6. The van der Waals surface area contributed by atoms with E-state index in [0.29, 0.717) is 22.5 Å². The van der Waals surface area contributed by atoms with Crippen LogP contribution >= 0.6 is 11.7 Å². The highest BCUT2D eigenvalue weighted by atomic mass is 32.1. The summed E-state index contributed by atoms with van der Waals surface area (Å²) in [6.45, 7) is 2.03. The van der Waals surface area contributed by atoms with Crippen LogP contribution in [-0.2, 0) is 0 Å². The summed E-state index contributed by atoms with van der Waals surface area (Å²) in [6, 6.07) is 14.9. The number of aryl methyl sites for hydroxylation is 1. The van der Waals surface area contributed by atoms with Gasteiger partial charge in [0.05, 0.1) is 30.2 Å². The summed E-state index contributed by atoms with van der Waals surface area (Å²) in [5, 5.41) is 2.95. The number of pyridine rings is 1. The Balaban J connectivity index is 1.50. The fourth-order valence-corrected chi connectivity index (χ4v) is 3.89. The van der Waals surface area contributed by atoms with Gasteiger partial charge in [0.1, 0.15) is 22.4 Å². The van der Waals surface area contributed by atoms with E-state index in [4.69, 9.17) is 9.72 Å². The van der Waals surface area contributed by atoms with Crippen LogP contribution in [0.2, 0.25) is 0 Å². The summed E-state index contributed by atoms with van der Waals surface area (Å²) < 4.78 is 15.8. The van der Waals surface area contributed by atoms with E-state index < -0.39 is 0 Å². The SMILES string of the molecule is COc1ccc(-c2cn3cccc(C)c3n2)cc1NC(=O)c1ccc2nsnc2c1. The summed E-state index contributed by atoms with van der Waals surface area (Å²) in [5.41, 5.74) is 6.26. The second-order valence-corrected chi connectivity index (χ2v) is 7.41. The third-order valence-electron chi connectivity index (χ3n) is 4.94. The van der Waals surface area contributed by atoms with E-state index in [2.05, 4.69) is 14.1 Å². The molecule has 3 aromatic heterocycles. The Labute approximate surface area is 176 Å². The van der Waals surface area contributed by atoms with Gasteiger partial charge in [-0.25, -0.2) is 4.98 Å². The highest BCUT2D eigenvalue weighted by molar-refractivity contribution is 7.00. The number of amides is 1. The third kappa shape index (κ3) is 3.17. The molecule has 0 fully saturated rings. The van der Waals surface area contributed by atoms with Gasteiger partial charge in [0.15, 0.2) is 0 Å². The van der Waals surface area contributed by atoms with Crippen LogP contribution in [0, 0.1) is 6.92 Å². The molecule has 30 heavy (non-hydrogen) atoms. The summed E-state index contributed by atoms with van der Waals surface area (Å²) in [7, 11) is 1.58. The number of benzene rings is 2. The van der Waals surface area contributed by atoms with Gasteiger partial charge in [-0.2, -0.15) is 8.75 Å². The fraction of sp³-hybridized carbons (Fsp3) is 0.0909. The van der Waals surface area contributed by atoms with Gasteiger partial charge < -0.3 is 14.5 Å². The molecular formula is C22H17N5O2S. The Morgan fingerprint density at radius 1 is 1.10 bits per heavy atom. The number of anilines is 1. The van der Waals surface area contributed by atoms with Gasteiger partial charge in [-0.3, -0.25) is 4.79 Å². The lowest BCUT2D eigenvalue weighted by atomic mass is 10.1. The van der Waals surface area contributed by atoms with Gasteiger partial charge in [0.2, 0.25) is 0 Å². The van der Waals surface area contributed by atoms with Gasteiger partial charge >= 0.3 is 0 Å². The number of aromatic nitrogens is 4. The lowest BCUT2D eigenvalue weighted by Crippen LogP contribution is -2.12. The van der Waals surface area contributed by atoms with Crippen LogP contribution in [0.3, 0.4) is 0 Å². The number of nitrogens with zero attached hydrogens (tertiary/aromatic N) is 4. The molecule has 5 rings (SSSR count). The van der Waals surface area contributed by atoms with Crippen molar-refractivity contribution in [3.05, 3.63) is 72.1 Å². The molecule has 0 aliphatic carbocycles. The van der Waals surface area contributed by atoms with Crippen LogP contribution in [0.1, 0.15) is 15.9 Å². The minimum absolute atomic E-state index is 0.244. The molecule has 0 spiro atoms. The van der Waals surface area contributed by atoms with Crippen molar-refractivity contribution in [3.8, 4) is 17.0 Å². The van der Waals surface area contributed by atoms with Crippen molar-refractivity contribution in [2.75, 3.05) is 12.4 Å². The molecule has 8 heteroatoms. The zero-order chi connectivity index (χ0) is 20.7. The van der Waals surface area contributed by atoms with Gasteiger partial charge in [-0.15, -0.1) is 0 Å². The molecule has 3 heterocycles. The molecule has 0 atom stereocenters. The normalized spacial score (nSPS) is 11.1. The number of hydrogen-bond donors (Lipinski definition) is 1. The predicted octanol–water partition coefficient (Wildman–Crippen LogP) is 4.58. The molecule has 0 aliphatic heterocycles. The van der Waals surface area contributed by atoms with E-state index in [-0.39, 0.29) is 5.91 Å². The smallest absolute Gasteiger partial charge is 0.255 e. The summed E-state index contributed by atoms with van der Waals surface area (Å²) >= 11 is 1.12. The molecule has 0 radical (unpaired) electrons. The zero-order valence-corrected chi connectivity index (χ0v) is 17.1. The Morgan fingerprint density at radius 3 is 2.80 bits per heavy atom. The topological polar surface area (TPSA) is 81.4 Å². The molecule has 0 saturated carbocycles. The van der Waals surface area contributed by atoms with Crippen LogP contribution in [0.4, 0.5) is 5.69 Å². The number of nitrogens with one attached hydrogen (secondary N) is 1. The monoisotopic (exact) mass is 415 g/mol. The molecule has 0 saturated heterocycles. The Hall–Kier alpha value is -3.78. The minimum Gasteiger partial charge on any atom is -0.495 e.